The molecule has 3 N–H and O–H groups in total. The molecule has 0 atom stereocenters. The third-order valence-electron chi connectivity index (χ3n) is 3.86. The molecule has 0 aromatic heterocycles. The number of amides is 1. The third kappa shape index (κ3) is 2.91. The molecule has 3 heteroatoms. The van der Waals surface area contributed by atoms with Crippen molar-refractivity contribution in [2.24, 2.45) is 11.1 Å². The van der Waals surface area contributed by atoms with E-state index in [1.807, 2.05) is 39.8 Å². The second-order valence-corrected chi connectivity index (χ2v) is 4.96. The van der Waals surface area contributed by atoms with E-state index < -0.39 is 5.41 Å². The molecule has 0 saturated heterocycles. The zero-order valence-electron chi connectivity index (χ0n) is 11.8. The smallest absolute Gasteiger partial charge is 0.231 e. The Labute approximate surface area is 110 Å². The molecule has 18 heavy (non-hydrogen) atoms. The van der Waals surface area contributed by atoms with Crippen molar-refractivity contribution in [3.63, 3.8) is 0 Å². The van der Waals surface area contributed by atoms with Crippen LogP contribution in [0.15, 0.2) is 18.2 Å². The molecule has 0 aliphatic heterocycles. The van der Waals surface area contributed by atoms with Crippen molar-refractivity contribution >= 4 is 11.6 Å². The summed E-state index contributed by atoms with van der Waals surface area (Å²) in [6.07, 6.45) is 1.52. The summed E-state index contributed by atoms with van der Waals surface area (Å²) in [4.78, 5) is 12.4. The topological polar surface area (TPSA) is 55.1 Å². The Bertz CT molecular complexity index is 414. The van der Waals surface area contributed by atoms with E-state index in [0.29, 0.717) is 6.54 Å². The molecule has 100 valence electrons. The number of benzene rings is 1. The fourth-order valence-corrected chi connectivity index (χ4v) is 2.16. The maximum absolute atomic E-state index is 12.4. The number of rotatable bonds is 5. The Morgan fingerprint density at radius 3 is 2.33 bits per heavy atom. The van der Waals surface area contributed by atoms with Crippen LogP contribution in [0.25, 0.3) is 0 Å². The van der Waals surface area contributed by atoms with Crippen LogP contribution in [-0.2, 0) is 4.79 Å². The van der Waals surface area contributed by atoms with Crippen molar-refractivity contribution in [2.45, 2.75) is 40.5 Å². The van der Waals surface area contributed by atoms with Crippen LogP contribution in [0.4, 0.5) is 5.69 Å². The molecule has 0 bridgehead atoms. The van der Waals surface area contributed by atoms with Gasteiger partial charge in [0.2, 0.25) is 5.91 Å². The van der Waals surface area contributed by atoms with Crippen molar-refractivity contribution in [1.82, 2.24) is 0 Å². The highest BCUT2D eigenvalue weighted by molar-refractivity contribution is 5.96. The number of anilines is 1. The van der Waals surface area contributed by atoms with Gasteiger partial charge in [-0.2, -0.15) is 0 Å². The molecule has 0 aliphatic rings. The van der Waals surface area contributed by atoms with Crippen LogP contribution < -0.4 is 11.1 Å². The van der Waals surface area contributed by atoms with E-state index in [1.165, 1.54) is 5.56 Å². The Balaban J connectivity index is 2.93. The third-order valence-corrected chi connectivity index (χ3v) is 3.86. The lowest BCUT2D eigenvalue weighted by Gasteiger charge is -2.28. The van der Waals surface area contributed by atoms with Crippen molar-refractivity contribution < 1.29 is 4.79 Å². The lowest BCUT2D eigenvalue weighted by molar-refractivity contribution is -0.125. The quantitative estimate of drug-likeness (QED) is 0.841. The maximum atomic E-state index is 12.4. The molecule has 0 spiro atoms. The number of carbonyl (C=O) groups excluding carboxylic acids is 1. The van der Waals surface area contributed by atoms with Crippen LogP contribution in [0.1, 0.15) is 37.8 Å². The highest BCUT2D eigenvalue weighted by atomic mass is 16.2. The van der Waals surface area contributed by atoms with Crippen LogP contribution in [-0.4, -0.2) is 12.5 Å². The first-order valence-corrected chi connectivity index (χ1v) is 6.58. The average Bonchev–Trinajstić information content (AvgIpc) is 2.36. The highest BCUT2D eigenvalue weighted by Crippen LogP contribution is 2.27. The molecule has 0 fully saturated rings. The van der Waals surface area contributed by atoms with E-state index in [9.17, 15) is 4.79 Å². The number of hydrogen-bond acceptors (Lipinski definition) is 2. The largest absolute Gasteiger partial charge is 0.329 e. The van der Waals surface area contributed by atoms with Gasteiger partial charge in [-0.3, -0.25) is 4.79 Å². The van der Waals surface area contributed by atoms with Crippen molar-refractivity contribution in [3.8, 4) is 0 Å². The molecule has 0 heterocycles. The van der Waals surface area contributed by atoms with Crippen molar-refractivity contribution in [2.75, 3.05) is 11.9 Å². The fraction of sp³-hybridized carbons (Fsp3) is 0.533. The van der Waals surface area contributed by atoms with E-state index in [2.05, 4.69) is 11.4 Å². The lowest BCUT2D eigenvalue weighted by Crippen LogP contribution is -2.41. The average molecular weight is 248 g/mol. The first kappa shape index (κ1) is 14.7. The lowest BCUT2D eigenvalue weighted by atomic mass is 9.81. The second kappa shape index (κ2) is 6.01. The minimum atomic E-state index is -0.447. The van der Waals surface area contributed by atoms with Gasteiger partial charge in [-0.05, 0) is 38.3 Å². The van der Waals surface area contributed by atoms with E-state index in [1.54, 1.807) is 0 Å². The van der Waals surface area contributed by atoms with E-state index >= 15 is 0 Å². The Kier molecular flexibility index (Phi) is 4.91. The molecule has 0 aliphatic carbocycles. The van der Waals surface area contributed by atoms with Gasteiger partial charge < -0.3 is 11.1 Å². The van der Waals surface area contributed by atoms with Crippen molar-refractivity contribution in [1.29, 1.82) is 0 Å². The maximum Gasteiger partial charge on any atom is 0.231 e. The monoisotopic (exact) mass is 248 g/mol. The Morgan fingerprint density at radius 1 is 1.28 bits per heavy atom. The summed E-state index contributed by atoms with van der Waals surface area (Å²) in [7, 11) is 0. The molecule has 3 nitrogen and oxygen atoms in total. The van der Waals surface area contributed by atoms with Gasteiger partial charge in [0.05, 0.1) is 5.41 Å². The van der Waals surface area contributed by atoms with Gasteiger partial charge >= 0.3 is 0 Å². The number of aryl methyl sites for hydroxylation is 2. The normalized spacial score (nSPS) is 11.4. The molecule has 0 unspecified atom stereocenters. The SMILES string of the molecule is CCC(CC)(CN)C(=O)Nc1ccc(C)cc1C. The van der Waals surface area contributed by atoms with Gasteiger partial charge in [0.15, 0.2) is 0 Å². The molecule has 1 rings (SSSR count). The summed E-state index contributed by atoms with van der Waals surface area (Å²) in [5.41, 5.74) is 8.50. The van der Waals surface area contributed by atoms with E-state index in [0.717, 1.165) is 24.1 Å². The minimum Gasteiger partial charge on any atom is -0.329 e. The van der Waals surface area contributed by atoms with Gasteiger partial charge in [0.25, 0.3) is 0 Å². The van der Waals surface area contributed by atoms with Gasteiger partial charge in [0, 0.05) is 12.2 Å². The van der Waals surface area contributed by atoms with Crippen LogP contribution in [0, 0.1) is 19.3 Å². The first-order valence-electron chi connectivity index (χ1n) is 6.58. The summed E-state index contributed by atoms with van der Waals surface area (Å²) in [6, 6.07) is 6.03. The van der Waals surface area contributed by atoms with Gasteiger partial charge in [-0.25, -0.2) is 0 Å². The first-order chi connectivity index (χ1) is 8.49. The molecular weight excluding hydrogens is 224 g/mol. The summed E-state index contributed by atoms with van der Waals surface area (Å²) < 4.78 is 0. The Morgan fingerprint density at radius 2 is 1.89 bits per heavy atom. The molecule has 1 aromatic carbocycles. The van der Waals surface area contributed by atoms with Gasteiger partial charge in [-0.15, -0.1) is 0 Å². The predicted octanol–water partition coefficient (Wildman–Crippen LogP) is 3.01. The predicted molar refractivity (Wildman–Crippen MR) is 76.6 cm³/mol. The summed E-state index contributed by atoms with van der Waals surface area (Å²) >= 11 is 0. The molecule has 0 saturated carbocycles. The summed E-state index contributed by atoms with van der Waals surface area (Å²) in [5.74, 6) is 0.0296. The van der Waals surface area contributed by atoms with Gasteiger partial charge in [-0.1, -0.05) is 31.5 Å². The Hall–Kier alpha value is -1.35. The van der Waals surface area contributed by atoms with Crippen LogP contribution in [0.5, 0.6) is 0 Å². The molecule has 0 radical (unpaired) electrons. The number of carbonyl (C=O) groups is 1. The van der Waals surface area contributed by atoms with Crippen LogP contribution in [0.2, 0.25) is 0 Å². The summed E-state index contributed by atoms with van der Waals surface area (Å²) in [6.45, 7) is 8.46. The zero-order chi connectivity index (χ0) is 13.8. The zero-order valence-corrected chi connectivity index (χ0v) is 11.8. The molecule has 1 amide bonds. The van der Waals surface area contributed by atoms with E-state index in [-0.39, 0.29) is 5.91 Å². The minimum absolute atomic E-state index is 0.0296. The molecular formula is C15H24N2O. The van der Waals surface area contributed by atoms with Gasteiger partial charge in [0.1, 0.15) is 0 Å². The van der Waals surface area contributed by atoms with Crippen LogP contribution in [0.3, 0.4) is 0 Å². The van der Waals surface area contributed by atoms with Crippen LogP contribution >= 0.6 is 0 Å². The number of hydrogen-bond donors (Lipinski definition) is 2. The number of nitrogens with two attached hydrogens (primary N) is 1. The number of nitrogens with one attached hydrogen (secondary N) is 1. The highest BCUT2D eigenvalue weighted by Gasteiger charge is 2.33. The van der Waals surface area contributed by atoms with Crippen molar-refractivity contribution in [3.05, 3.63) is 29.3 Å². The molecule has 1 aromatic rings. The fourth-order valence-electron chi connectivity index (χ4n) is 2.16. The standard InChI is InChI=1S/C15H24N2O/c1-5-15(6-2,10-16)14(18)17-13-8-7-11(3)9-12(13)4/h7-9H,5-6,10,16H2,1-4H3,(H,17,18). The summed E-state index contributed by atoms with van der Waals surface area (Å²) in [5, 5.41) is 3.01. The second-order valence-electron chi connectivity index (χ2n) is 4.96. The van der Waals surface area contributed by atoms with E-state index in [4.69, 9.17) is 5.73 Å².